The van der Waals surface area contributed by atoms with Crippen molar-refractivity contribution in [2.24, 2.45) is 5.73 Å². The zero-order valence-corrected chi connectivity index (χ0v) is 4.96. The van der Waals surface area contributed by atoms with Gasteiger partial charge in [0.15, 0.2) is 5.96 Å². The van der Waals surface area contributed by atoms with Crippen LogP contribution in [0.1, 0.15) is 1.37 Å². The normalized spacial score (nSPS) is 13.7. The second-order valence-electron chi connectivity index (χ2n) is 1.46. The summed E-state index contributed by atoms with van der Waals surface area (Å²) in [6.07, 6.45) is 0. The highest BCUT2D eigenvalue weighted by Crippen LogP contribution is 1.76. The lowest BCUT2D eigenvalue weighted by Crippen LogP contribution is -2.36. The molecule has 0 amide bonds. The van der Waals surface area contributed by atoms with Crippen molar-refractivity contribution in [2.75, 3.05) is 13.6 Å². The molecule has 1 unspecified atom stereocenters. The molecular formula is C4H9N3O2. The highest BCUT2D eigenvalue weighted by Gasteiger charge is 2.03. The van der Waals surface area contributed by atoms with Crippen LogP contribution in [-0.4, -0.2) is 35.5 Å². The van der Waals surface area contributed by atoms with Gasteiger partial charge in [-0.15, -0.1) is 0 Å². The summed E-state index contributed by atoms with van der Waals surface area (Å²) in [6.45, 7) is -1.49. The molecule has 0 aliphatic rings. The van der Waals surface area contributed by atoms with E-state index in [4.69, 9.17) is 17.6 Å². The van der Waals surface area contributed by atoms with E-state index in [0.717, 1.165) is 4.90 Å². The Kier molecular flexibility index (Phi) is 1.90. The number of guanidine groups is 1. The summed E-state index contributed by atoms with van der Waals surface area (Å²) in [5.74, 6) is -1.75. The number of hydrogen-bond donors (Lipinski definition) is 3. The van der Waals surface area contributed by atoms with E-state index in [9.17, 15) is 4.79 Å². The first-order chi connectivity index (χ1) is 4.46. The van der Waals surface area contributed by atoms with Crippen LogP contribution in [0.3, 0.4) is 0 Å². The van der Waals surface area contributed by atoms with Gasteiger partial charge < -0.3 is 15.7 Å². The molecule has 5 heteroatoms. The Hall–Kier alpha value is -1.26. The van der Waals surface area contributed by atoms with Gasteiger partial charge in [0.25, 0.3) is 0 Å². The third kappa shape index (κ3) is 3.33. The van der Waals surface area contributed by atoms with Gasteiger partial charge in [0.2, 0.25) is 0 Å². The third-order valence-corrected chi connectivity index (χ3v) is 0.684. The standard InChI is InChI=1S/C4H9N3O2/c1-7(4(5)6)2-3(8)9/h2H2,1H3,(H3,5,6)(H,8,9)/i2D. The molecule has 0 saturated carbocycles. The Balaban J connectivity index is 4.07. The van der Waals surface area contributed by atoms with Gasteiger partial charge >= 0.3 is 5.97 Å². The molecule has 0 aromatic heterocycles. The molecule has 4 N–H and O–H groups in total. The van der Waals surface area contributed by atoms with Crippen molar-refractivity contribution in [3.63, 3.8) is 0 Å². The lowest BCUT2D eigenvalue weighted by molar-refractivity contribution is -0.137. The molecule has 52 valence electrons. The van der Waals surface area contributed by atoms with Crippen molar-refractivity contribution < 1.29 is 11.3 Å². The zero-order valence-electron chi connectivity index (χ0n) is 5.96. The summed E-state index contributed by atoms with van der Waals surface area (Å²) in [5, 5.41) is 15.0. The number of likely N-dealkylation sites (N-methyl/N-ethyl adjacent to an activating group) is 1. The van der Waals surface area contributed by atoms with E-state index < -0.39 is 18.4 Å². The van der Waals surface area contributed by atoms with Crippen LogP contribution < -0.4 is 5.73 Å². The summed E-state index contributed by atoms with van der Waals surface area (Å²) in [4.78, 5) is 10.9. The molecule has 0 radical (unpaired) electrons. The van der Waals surface area contributed by atoms with E-state index in [1.165, 1.54) is 7.05 Å². The Labute approximate surface area is 54.0 Å². The Morgan fingerprint density at radius 1 is 2.11 bits per heavy atom. The predicted octanol–water partition coefficient (Wildman–Crippen LogP) is -1.10. The minimum atomic E-state index is -1.49. The van der Waals surface area contributed by atoms with Gasteiger partial charge in [0, 0.05) is 7.05 Å². The summed E-state index contributed by atoms with van der Waals surface area (Å²) in [5.41, 5.74) is 4.90. The zero-order chi connectivity index (χ0) is 8.31. The minimum absolute atomic E-state index is 0.428. The summed E-state index contributed by atoms with van der Waals surface area (Å²) < 4.78 is 6.87. The second-order valence-corrected chi connectivity index (χ2v) is 1.46. The average molecular weight is 132 g/mol. The first-order valence-electron chi connectivity index (χ1n) is 2.76. The first-order valence-corrected chi connectivity index (χ1v) is 2.18. The van der Waals surface area contributed by atoms with Gasteiger partial charge in [-0.05, 0) is 0 Å². The molecule has 0 aromatic carbocycles. The molecule has 0 aliphatic carbocycles. The quantitative estimate of drug-likeness (QED) is 0.328. The van der Waals surface area contributed by atoms with Crippen molar-refractivity contribution in [3.05, 3.63) is 0 Å². The largest absolute Gasteiger partial charge is 0.480 e. The van der Waals surface area contributed by atoms with Crippen molar-refractivity contribution in [2.45, 2.75) is 0 Å². The minimum Gasteiger partial charge on any atom is -0.480 e. The SMILES string of the molecule is [2H]C(C(=O)O)N(C)C(=N)N. The second kappa shape index (κ2) is 2.91. The molecule has 0 aliphatic heterocycles. The summed E-state index contributed by atoms with van der Waals surface area (Å²) in [6, 6.07) is 0. The fourth-order valence-corrected chi connectivity index (χ4v) is 0.235. The molecule has 0 saturated heterocycles. The van der Waals surface area contributed by atoms with E-state index in [1.807, 2.05) is 0 Å². The van der Waals surface area contributed by atoms with Crippen molar-refractivity contribution in [1.29, 1.82) is 5.41 Å². The monoisotopic (exact) mass is 132 g/mol. The smallest absolute Gasteiger partial charge is 0.323 e. The Bertz CT molecular complexity index is 143. The van der Waals surface area contributed by atoms with Gasteiger partial charge in [-0.2, -0.15) is 0 Å². The highest BCUT2D eigenvalue weighted by atomic mass is 16.4. The molecule has 0 aromatic rings. The van der Waals surface area contributed by atoms with Crippen molar-refractivity contribution >= 4 is 11.9 Å². The summed E-state index contributed by atoms with van der Waals surface area (Å²) >= 11 is 0. The molecule has 9 heavy (non-hydrogen) atoms. The fraction of sp³-hybridized carbons (Fsp3) is 0.500. The predicted molar refractivity (Wildman–Crippen MR) is 32.2 cm³/mol. The van der Waals surface area contributed by atoms with E-state index >= 15 is 0 Å². The van der Waals surface area contributed by atoms with E-state index in [2.05, 4.69) is 0 Å². The molecule has 0 heterocycles. The van der Waals surface area contributed by atoms with Gasteiger partial charge in [-0.3, -0.25) is 10.2 Å². The molecule has 0 fully saturated rings. The number of nitrogens with zero attached hydrogens (tertiary/aromatic N) is 1. The number of rotatable bonds is 2. The van der Waals surface area contributed by atoms with Gasteiger partial charge in [0.1, 0.15) is 6.52 Å². The van der Waals surface area contributed by atoms with Gasteiger partial charge in [-0.25, -0.2) is 0 Å². The number of nitrogens with one attached hydrogen (secondary N) is 1. The van der Waals surface area contributed by atoms with Gasteiger partial charge in [0.05, 0.1) is 1.37 Å². The fourth-order valence-electron chi connectivity index (χ4n) is 0.235. The first kappa shape index (κ1) is 5.87. The average Bonchev–Trinajstić information content (AvgIpc) is 1.84. The van der Waals surface area contributed by atoms with Crippen molar-refractivity contribution in [1.82, 2.24) is 4.90 Å². The molecule has 0 spiro atoms. The topological polar surface area (TPSA) is 90.4 Å². The van der Waals surface area contributed by atoms with Crippen LogP contribution in [0, 0.1) is 5.41 Å². The van der Waals surface area contributed by atoms with E-state index in [-0.39, 0.29) is 0 Å². The number of carbonyl (C=O) groups is 1. The molecule has 0 rings (SSSR count). The molecular weight excluding hydrogens is 122 g/mol. The number of aliphatic carboxylic acids is 1. The number of carboxylic acids is 1. The third-order valence-electron chi connectivity index (χ3n) is 0.684. The van der Waals surface area contributed by atoms with Crippen LogP contribution in [0.15, 0.2) is 0 Å². The van der Waals surface area contributed by atoms with Crippen molar-refractivity contribution in [3.8, 4) is 0 Å². The van der Waals surface area contributed by atoms with Crippen LogP contribution in [0.5, 0.6) is 0 Å². The van der Waals surface area contributed by atoms with Crippen LogP contribution in [-0.2, 0) is 4.79 Å². The Morgan fingerprint density at radius 3 is 2.67 bits per heavy atom. The van der Waals surface area contributed by atoms with Crippen LogP contribution in [0.2, 0.25) is 0 Å². The van der Waals surface area contributed by atoms with Crippen LogP contribution >= 0.6 is 0 Å². The van der Waals surface area contributed by atoms with Crippen LogP contribution in [0.4, 0.5) is 0 Å². The van der Waals surface area contributed by atoms with E-state index in [1.54, 1.807) is 0 Å². The van der Waals surface area contributed by atoms with Crippen LogP contribution in [0.25, 0.3) is 0 Å². The molecule has 5 nitrogen and oxygen atoms in total. The maximum atomic E-state index is 10.1. The van der Waals surface area contributed by atoms with E-state index in [0.29, 0.717) is 0 Å². The lowest BCUT2D eigenvalue weighted by Gasteiger charge is -2.12. The molecule has 1 atom stereocenters. The maximum absolute atomic E-state index is 10.1. The Morgan fingerprint density at radius 2 is 2.56 bits per heavy atom. The van der Waals surface area contributed by atoms with Gasteiger partial charge in [-0.1, -0.05) is 0 Å². The maximum Gasteiger partial charge on any atom is 0.323 e. The number of hydrogen-bond acceptors (Lipinski definition) is 2. The highest BCUT2D eigenvalue weighted by molar-refractivity contribution is 5.79. The lowest BCUT2D eigenvalue weighted by atomic mass is 10.6. The number of carboxylic acid groups (broad SMARTS) is 1. The number of nitrogens with two attached hydrogens (primary N) is 1. The molecule has 0 bridgehead atoms. The summed E-state index contributed by atoms with van der Waals surface area (Å²) in [7, 11) is 1.27.